The zero-order valence-corrected chi connectivity index (χ0v) is 14.4. The van der Waals surface area contributed by atoms with Crippen molar-refractivity contribution in [3.05, 3.63) is 35.2 Å². The lowest BCUT2D eigenvalue weighted by atomic mass is 10.1. The number of hydrogen-bond acceptors (Lipinski definition) is 8. The predicted molar refractivity (Wildman–Crippen MR) is 90.2 cm³/mol. The van der Waals surface area contributed by atoms with Crippen LogP contribution in [-0.4, -0.2) is 42.9 Å². The summed E-state index contributed by atoms with van der Waals surface area (Å²) in [5, 5.41) is 19.7. The number of ether oxygens (including phenoxy) is 3. The summed E-state index contributed by atoms with van der Waals surface area (Å²) < 4.78 is 15.7. The maximum Gasteiger partial charge on any atom is 0.357 e. The van der Waals surface area contributed by atoms with Crippen molar-refractivity contribution in [1.29, 1.82) is 5.26 Å². The Labute approximate surface area is 149 Å². The zero-order valence-electron chi connectivity index (χ0n) is 14.4. The molecule has 9 nitrogen and oxygen atoms in total. The van der Waals surface area contributed by atoms with Crippen LogP contribution in [0, 0.1) is 11.3 Å². The minimum absolute atomic E-state index is 0.0298. The molecule has 0 saturated carbocycles. The van der Waals surface area contributed by atoms with Gasteiger partial charge in [-0.05, 0) is 17.7 Å². The van der Waals surface area contributed by atoms with Crippen LogP contribution < -0.4 is 10.5 Å². The van der Waals surface area contributed by atoms with Crippen molar-refractivity contribution in [2.45, 2.75) is 6.42 Å². The van der Waals surface area contributed by atoms with Gasteiger partial charge in [-0.3, -0.25) is 4.79 Å². The first-order chi connectivity index (χ1) is 12.4. The number of nitrogens with zero attached hydrogens (tertiary/aromatic N) is 2. The largest absolute Gasteiger partial charge is 0.503 e. The van der Waals surface area contributed by atoms with Crippen LogP contribution in [0.2, 0.25) is 0 Å². The molecule has 26 heavy (non-hydrogen) atoms. The summed E-state index contributed by atoms with van der Waals surface area (Å²) in [5.74, 6) is -1.52. The average molecular weight is 359 g/mol. The molecule has 0 bridgehead atoms. The van der Waals surface area contributed by atoms with Gasteiger partial charge >= 0.3 is 11.9 Å². The van der Waals surface area contributed by atoms with Gasteiger partial charge in [0.1, 0.15) is 6.07 Å². The van der Waals surface area contributed by atoms with Crippen molar-refractivity contribution in [1.82, 2.24) is 4.57 Å². The Bertz CT molecular complexity index is 910. The first-order valence-corrected chi connectivity index (χ1v) is 7.34. The highest BCUT2D eigenvalue weighted by Gasteiger charge is 2.25. The van der Waals surface area contributed by atoms with Gasteiger partial charge in [0.15, 0.2) is 17.2 Å². The van der Waals surface area contributed by atoms with Gasteiger partial charge in [-0.2, -0.15) is 5.26 Å². The Kier molecular flexibility index (Phi) is 5.37. The van der Waals surface area contributed by atoms with E-state index in [1.165, 1.54) is 44.2 Å². The number of anilines is 1. The second-order valence-electron chi connectivity index (χ2n) is 5.20. The zero-order chi connectivity index (χ0) is 19.4. The monoisotopic (exact) mass is 359 g/mol. The fraction of sp³-hybridized carbons (Fsp3) is 0.235. The van der Waals surface area contributed by atoms with Crippen LogP contribution >= 0.6 is 0 Å². The molecule has 0 unspecified atom stereocenters. The highest BCUT2D eigenvalue weighted by molar-refractivity contribution is 5.96. The Balaban J connectivity index is 2.75. The van der Waals surface area contributed by atoms with Crippen LogP contribution in [0.5, 0.6) is 11.5 Å². The van der Waals surface area contributed by atoms with Crippen molar-refractivity contribution in [2.24, 2.45) is 0 Å². The number of aromatic nitrogens is 1. The van der Waals surface area contributed by atoms with Crippen molar-refractivity contribution >= 4 is 17.6 Å². The molecule has 9 heteroatoms. The van der Waals surface area contributed by atoms with E-state index < -0.39 is 11.9 Å². The Morgan fingerprint density at radius 2 is 1.96 bits per heavy atom. The second kappa shape index (κ2) is 7.48. The average Bonchev–Trinajstić information content (AvgIpc) is 2.98. The van der Waals surface area contributed by atoms with Crippen LogP contribution in [0.4, 0.5) is 5.69 Å². The van der Waals surface area contributed by atoms with Gasteiger partial charge in [-0.15, -0.1) is 0 Å². The summed E-state index contributed by atoms with van der Waals surface area (Å²) >= 11 is 0. The van der Waals surface area contributed by atoms with Crippen molar-refractivity contribution < 1.29 is 28.9 Å². The third-order valence-corrected chi connectivity index (χ3v) is 3.71. The topological polar surface area (TPSA) is 137 Å². The van der Waals surface area contributed by atoms with E-state index in [-0.39, 0.29) is 40.6 Å². The number of rotatable bonds is 5. The predicted octanol–water partition coefficient (Wildman–Crippen LogP) is 1.15. The minimum atomic E-state index is -0.791. The Morgan fingerprint density at radius 3 is 2.50 bits per heavy atom. The summed E-state index contributed by atoms with van der Waals surface area (Å²) in [6.07, 6.45) is 1.20. The van der Waals surface area contributed by atoms with E-state index in [0.717, 1.165) is 0 Å². The Hall–Kier alpha value is -3.67. The maximum absolute atomic E-state index is 12.1. The molecule has 1 aromatic heterocycles. The van der Waals surface area contributed by atoms with Crippen LogP contribution in [0.25, 0.3) is 5.69 Å². The molecule has 1 aromatic carbocycles. The molecule has 136 valence electrons. The van der Waals surface area contributed by atoms with E-state index in [1.54, 1.807) is 0 Å². The summed E-state index contributed by atoms with van der Waals surface area (Å²) in [7, 11) is 3.76. The number of nitriles is 1. The van der Waals surface area contributed by atoms with E-state index in [1.807, 2.05) is 6.07 Å². The van der Waals surface area contributed by atoms with Crippen molar-refractivity contribution in [3.63, 3.8) is 0 Å². The number of phenols is 1. The number of carbonyl (C=O) groups is 2. The van der Waals surface area contributed by atoms with Gasteiger partial charge in [0.2, 0.25) is 0 Å². The van der Waals surface area contributed by atoms with Crippen LogP contribution in [0.3, 0.4) is 0 Å². The molecule has 0 aliphatic heterocycles. The second-order valence-corrected chi connectivity index (χ2v) is 5.20. The highest BCUT2D eigenvalue weighted by Crippen LogP contribution is 2.37. The van der Waals surface area contributed by atoms with Crippen LogP contribution in [-0.2, 0) is 20.7 Å². The van der Waals surface area contributed by atoms with E-state index in [0.29, 0.717) is 5.56 Å². The van der Waals surface area contributed by atoms with Gasteiger partial charge in [0.05, 0.1) is 44.7 Å². The molecule has 0 fully saturated rings. The molecular formula is C17H17N3O6. The molecule has 0 aliphatic rings. The molecule has 0 aliphatic carbocycles. The SMILES string of the molecule is COC(=O)Cc1cc(OC)c(O)c(-n2cc(C#N)c(N)c2C(=O)OC)c1. The number of carbonyl (C=O) groups excluding carboxylic acids is 2. The number of benzene rings is 1. The third-order valence-electron chi connectivity index (χ3n) is 3.71. The normalized spacial score (nSPS) is 10.1. The molecule has 0 radical (unpaired) electrons. The lowest BCUT2D eigenvalue weighted by Gasteiger charge is -2.14. The van der Waals surface area contributed by atoms with Crippen molar-refractivity contribution in [3.8, 4) is 23.3 Å². The number of hydrogen-bond donors (Lipinski definition) is 2. The van der Waals surface area contributed by atoms with Gasteiger partial charge in [-0.1, -0.05) is 0 Å². The first kappa shape index (κ1) is 18.7. The summed E-state index contributed by atoms with van der Waals surface area (Å²) in [4.78, 5) is 23.7. The Morgan fingerprint density at radius 1 is 1.27 bits per heavy atom. The van der Waals surface area contributed by atoms with E-state index in [9.17, 15) is 20.0 Å². The van der Waals surface area contributed by atoms with Crippen molar-refractivity contribution in [2.75, 3.05) is 27.1 Å². The number of methoxy groups -OCH3 is 3. The number of nitrogens with two attached hydrogens (primary N) is 1. The van der Waals surface area contributed by atoms with E-state index in [4.69, 9.17) is 15.2 Å². The van der Waals surface area contributed by atoms with E-state index >= 15 is 0 Å². The quantitative estimate of drug-likeness (QED) is 0.758. The molecule has 3 N–H and O–H groups in total. The highest BCUT2D eigenvalue weighted by atomic mass is 16.5. The number of phenolic OH excluding ortho intramolecular Hbond substituents is 1. The fourth-order valence-corrected chi connectivity index (χ4v) is 2.43. The van der Waals surface area contributed by atoms with Gasteiger partial charge < -0.3 is 29.6 Å². The minimum Gasteiger partial charge on any atom is -0.503 e. The number of aromatic hydroxyl groups is 1. The van der Waals surface area contributed by atoms with Gasteiger partial charge in [-0.25, -0.2) is 4.79 Å². The molecule has 1 heterocycles. The summed E-state index contributed by atoms with van der Waals surface area (Å²) in [6.45, 7) is 0. The molecular weight excluding hydrogens is 342 g/mol. The molecule has 2 rings (SSSR count). The van der Waals surface area contributed by atoms with Crippen LogP contribution in [0.1, 0.15) is 21.6 Å². The van der Waals surface area contributed by atoms with E-state index in [2.05, 4.69) is 4.74 Å². The lowest BCUT2D eigenvalue weighted by Crippen LogP contribution is -2.12. The van der Waals surface area contributed by atoms with Crippen LogP contribution in [0.15, 0.2) is 18.3 Å². The number of esters is 2. The fourth-order valence-electron chi connectivity index (χ4n) is 2.43. The third kappa shape index (κ3) is 3.25. The number of nitrogen functional groups attached to an aromatic ring is 1. The summed E-state index contributed by atoms with van der Waals surface area (Å²) in [5.41, 5.74) is 6.23. The summed E-state index contributed by atoms with van der Waals surface area (Å²) in [6, 6.07) is 4.79. The van der Waals surface area contributed by atoms with Gasteiger partial charge in [0.25, 0.3) is 0 Å². The maximum atomic E-state index is 12.1. The lowest BCUT2D eigenvalue weighted by molar-refractivity contribution is -0.139. The molecule has 0 amide bonds. The molecule has 0 atom stereocenters. The molecule has 0 spiro atoms. The molecule has 0 saturated heterocycles. The first-order valence-electron chi connectivity index (χ1n) is 7.34. The molecule has 2 aromatic rings. The standard InChI is InChI=1S/C17H17N3O6/c1-24-12-5-9(6-13(21)25-2)4-11(16(12)22)20-8-10(7-18)14(19)15(20)17(23)26-3/h4-5,8,22H,6,19H2,1-3H3. The van der Waals surface area contributed by atoms with Gasteiger partial charge in [0, 0.05) is 6.20 Å². The smallest absolute Gasteiger partial charge is 0.357 e.